The molecular weight excluding hydrogens is 404 g/mol. The Hall–Kier alpha value is -4.06. The van der Waals surface area contributed by atoms with E-state index in [0.717, 1.165) is 16.7 Å². The Morgan fingerprint density at radius 1 is 0.844 bits per heavy atom. The summed E-state index contributed by atoms with van der Waals surface area (Å²) in [5.41, 5.74) is 5.11. The quantitative estimate of drug-likeness (QED) is 0.575. The number of carbonyl (C=O) groups excluding carboxylic acids is 2. The Labute approximate surface area is 186 Å². The van der Waals surface area contributed by atoms with E-state index in [-0.39, 0.29) is 18.4 Å². The third-order valence-corrected chi connectivity index (χ3v) is 5.28. The number of hydrogen-bond acceptors (Lipinski definition) is 4. The van der Waals surface area contributed by atoms with Crippen molar-refractivity contribution < 1.29 is 19.1 Å². The van der Waals surface area contributed by atoms with E-state index < -0.39 is 5.91 Å². The zero-order valence-electron chi connectivity index (χ0n) is 18.2. The van der Waals surface area contributed by atoms with Gasteiger partial charge >= 0.3 is 0 Å². The van der Waals surface area contributed by atoms with Gasteiger partial charge < -0.3 is 20.1 Å². The molecule has 0 aliphatic carbocycles. The second-order valence-corrected chi connectivity index (χ2v) is 7.74. The highest BCUT2D eigenvalue weighted by Crippen LogP contribution is 2.33. The van der Waals surface area contributed by atoms with Crippen LogP contribution >= 0.6 is 0 Å². The molecule has 32 heavy (non-hydrogen) atoms. The maximum Gasteiger partial charge on any atom is 0.272 e. The van der Waals surface area contributed by atoms with Gasteiger partial charge in [0, 0.05) is 11.3 Å². The Bertz CT molecular complexity index is 1210. The summed E-state index contributed by atoms with van der Waals surface area (Å²) in [7, 11) is 0. The van der Waals surface area contributed by atoms with E-state index in [2.05, 4.69) is 10.6 Å². The molecule has 2 amide bonds. The van der Waals surface area contributed by atoms with Gasteiger partial charge in [0.15, 0.2) is 11.5 Å². The Morgan fingerprint density at radius 3 is 2.34 bits per heavy atom. The monoisotopic (exact) mass is 428 g/mol. The number of aryl methyl sites for hydroxylation is 3. The molecule has 0 saturated carbocycles. The number of amides is 2. The third kappa shape index (κ3) is 4.81. The minimum absolute atomic E-state index is 0.118. The molecule has 0 spiro atoms. The van der Waals surface area contributed by atoms with Crippen LogP contribution in [-0.4, -0.2) is 18.6 Å². The van der Waals surface area contributed by atoms with Crippen LogP contribution in [0.5, 0.6) is 11.5 Å². The van der Waals surface area contributed by atoms with Gasteiger partial charge in [-0.1, -0.05) is 29.8 Å². The number of ether oxygens (including phenoxy) is 2. The number of hydrogen-bond donors (Lipinski definition) is 2. The summed E-state index contributed by atoms with van der Waals surface area (Å²) >= 11 is 0. The maximum atomic E-state index is 13.1. The highest BCUT2D eigenvalue weighted by Gasteiger charge is 2.17. The molecule has 1 aliphatic heterocycles. The van der Waals surface area contributed by atoms with E-state index in [1.54, 1.807) is 36.4 Å². The molecule has 0 fully saturated rings. The highest BCUT2D eigenvalue weighted by atomic mass is 16.7. The van der Waals surface area contributed by atoms with Crippen LogP contribution in [0.2, 0.25) is 0 Å². The molecule has 3 aromatic carbocycles. The molecule has 0 bridgehead atoms. The van der Waals surface area contributed by atoms with Crippen LogP contribution in [0.3, 0.4) is 0 Å². The summed E-state index contributed by atoms with van der Waals surface area (Å²) in [6.07, 6.45) is 1.62. The summed E-state index contributed by atoms with van der Waals surface area (Å²) in [5, 5.41) is 5.61. The molecule has 6 nitrogen and oxygen atoms in total. The van der Waals surface area contributed by atoms with Crippen molar-refractivity contribution in [1.82, 2.24) is 5.32 Å². The second kappa shape index (κ2) is 8.98. The van der Waals surface area contributed by atoms with Crippen LogP contribution in [0.4, 0.5) is 5.69 Å². The van der Waals surface area contributed by atoms with Gasteiger partial charge in [0.1, 0.15) is 5.70 Å². The van der Waals surface area contributed by atoms with Gasteiger partial charge in [0.2, 0.25) is 6.79 Å². The Morgan fingerprint density at radius 2 is 1.59 bits per heavy atom. The van der Waals surface area contributed by atoms with Crippen molar-refractivity contribution in [3.8, 4) is 11.5 Å². The Kier molecular flexibility index (Phi) is 5.94. The maximum absolute atomic E-state index is 13.1. The van der Waals surface area contributed by atoms with Crippen LogP contribution in [-0.2, 0) is 4.79 Å². The molecule has 1 heterocycles. The first-order valence-corrected chi connectivity index (χ1v) is 10.3. The molecular formula is C26H24N2O4. The summed E-state index contributed by atoms with van der Waals surface area (Å²) in [6, 6.07) is 18.2. The smallest absolute Gasteiger partial charge is 0.272 e. The van der Waals surface area contributed by atoms with Crippen molar-refractivity contribution in [3.63, 3.8) is 0 Å². The van der Waals surface area contributed by atoms with Gasteiger partial charge in [0.05, 0.1) is 0 Å². The number of fused-ring (bicyclic) bond motifs is 1. The Balaban J connectivity index is 1.63. The molecule has 0 saturated heterocycles. The number of benzene rings is 3. The van der Waals surface area contributed by atoms with Crippen molar-refractivity contribution >= 4 is 23.6 Å². The summed E-state index contributed by atoms with van der Waals surface area (Å²) in [5.74, 6) is 0.451. The van der Waals surface area contributed by atoms with Crippen LogP contribution < -0.4 is 20.1 Å². The van der Waals surface area contributed by atoms with Crippen molar-refractivity contribution in [3.05, 3.63) is 94.2 Å². The van der Waals surface area contributed by atoms with E-state index in [1.165, 1.54) is 0 Å². The molecule has 2 N–H and O–H groups in total. The predicted octanol–water partition coefficient (Wildman–Crippen LogP) is 4.75. The molecule has 3 aromatic rings. The number of anilines is 1. The zero-order chi connectivity index (χ0) is 22.7. The summed E-state index contributed by atoms with van der Waals surface area (Å²) in [6.45, 7) is 6.06. The number of rotatable bonds is 5. The first-order valence-electron chi connectivity index (χ1n) is 10.3. The fourth-order valence-electron chi connectivity index (χ4n) is 3.24. The average molecular weight is 428 g/mol. The van der Waals surface area contributed by atoms with E-state index in [4.69, 9.17) is 9.47 Å². The lowest BCUT2D eigenvalue weighted by molar-refractivity contribution is -0.113. The normalized spacial score (nSPS) is 12.4. The largest absolute Gasteiger partial charge is 0.454 e. The van der Waals surface area contributed by atoms with Gasteiger partial charge in [-0.2, -0.15) is 0 Å². The van der Waals surface area contributed by atoms with Gasteiger partial charge in [-0.25, -0.2) is 0 Å². The molecule has 162 valence electrons. The van der Waals surface area contributed by atoms with Gasteiger partial charge in [-0.15, -0.1) is 0 Å². The van der Waals surface area contributed by atoms with Crippen molar-refractivity contribution in [2.24, 2.45) is 0 Å². The van der Waals surface area contributed by atoms with Gasteiger partial charge in [-0.3, -0.25) is 9.59 Å². The number of carbonyl (C=O) groups is 2. The molecule has 0 atom stereocenters. The van der Waals surface area contributed by atoms with Gasteiger partial charge in [-0.05, 0) is 79.9 Å². The SMILES string of the molecule is Cc1ccc(NC(=O)C(=Cc2ccc3c(c2)OCO3)NC(=O)c2ccc(C)c(C)c2)cc1. The predicted molar refractivity (Wildman–Crippen MR) is 124 cm³/mol. The molecule has 6 heteroatoms. The highest BCUT2D eigenvalue weighted by molar-refractivity contribution is 6.10. The molecule has 0 aromatic heterocycles. The van der Waals surface area contributed by atoms with Crippen molar-refractivity contribution in [2.75, 3.05) is 12.1 Å². The fraction of sp³-hybridized carbons (Fsp3) is 0.154. The fourth-order valence-corrected chi connectivity index (χ4v) is 3.24. The molecule has 4 rings (SSSR count). The van der Waals surface area contributed by atoms with Crippen LogP contribution in [0.25, 0.3) is 6.08 Å². The first-order chi connectivity index (χ1) is 15.4. The lowest BCUT2D eigenvalue weighted by atomic mass is 10.1. The average Bonchev–Trinajstić information content (AvgIpc) is 3.24. The summed E-state index contributed by atoms with van der Waals surface area (Å²) < 4.78 is 10.8. The lowest BCUT2D eigenvalue weighted by Crippen LogP contribution is -2.30. The van der Waals surface area contributed by atoms with Crippen LogP contribution in [0.1, 0.15) is 32.6 Å². The minimum atomic E-state index is -0.427. The zero-order valence-corrected chi connectivity index (χ0v) is 18.2. The molecule has 1 aliphatic rings. The van der Waals surface area contributed by atoms with Crippen molar-refractivity contribution in [2.45, 2.75) is 20.8 Å². The third-order valence-electron chi connectivity index (χ3n) is 5.28. The standard InChI is InChI=1S/C26H24N2O4/c1-16-4-9-21(10-5-16)27-26(30)22(13-19-7-11-23-24(14-19)32-15-31-23)28-25(29)20-8-6-17(2)18(3)12-20/h4-14H,15H2,1-3H3,(H,27,30)(H,28,29). The van der Waals surface area contributed by atoms with Crippen molar-refractivity contribution in [1.29, 1.82) is 0 Å². The topological polar surface area (TPSA) is 76.7 Å². The lowest BCUT2D eigenvalue weighted by Gasteiger charge is -2.12. The second-order valence-electron chi connectivity index (χ2n) is 7.74. The van der Waals surface area contributed by atoms with Crippen LogP contribution in [0, 0.1) is 20.8 Å². The first kappa shape index (κ1) is 21.2. The van der Waals surface area contributed by atoms with E-state index in [0.29, 0.717) is 28.3 Å². The minimum Gasteiger partial charge on any atom is -0.454 e. The number of nitrogens with one attached hydrogen (secondary N) is 2. The molecule has 0 radical (unpaired) electrons. The van der Waals surface area contributed by atoms with Gasteiger partial charge in [0.25, 0.3) is 11.8 Å². The molecule has 0 unspecified atom stereocenters. The van der Waals surface area contributed by atoms with Crippen LogP contribution in [0.15, 0.2) is 66.4 Å². The van der Waals surface area contributed by atoms with E-state index >= 15 is 0 Å². The van der Waals surface area contributed by atoms with E-state index in [1.807, 2.05) is 51.1 Å². The summed E-state index contributed by atoms with van der Waals surface area (Å²) in [4.78, 5) is 26.0. The van der Waals surface area contributed by atoms with E-state index in [9.17, 15) is 9.59 Å².